The molecule has 0 saturated carbocycles. The topological polar surface area (TPSA) is 52.4 Å². The fourth-order valence-electron chi connectivity index (χ4n) is 1.13. The number of rotatable bonds is 4. The molecule has 0 aliphatic carbocycles. The molecule has 0 atom stereocenters. The minimum absolute atomic E-state index is 0.00127. The van der Waals surface area contributed by atoms with Gasteiger partial charge < -0.3 is 4.74 Å². The van der Waals surface area contributed by atoms with Gasteiger partial charge in [0.25, 0.3) is 5.69 Å². The Kier molecular flexibility index (Phi) is 4.30. The van der Waals surface area contributed by atoms with E-state index in [1.165, 1.54) is 12.1 Å². The molecule has 0 radical (unpaired) electrons. The van der Waals surface area contributed by atoms with Crippen LogP contribution < -0.4 is 0 Å². The van der Waals surface area contributed by atoms with E-state index in [4.69, 9.17) is 11.6 Å². The summed E-state index contributed by atoms with van der Waals surface area (Å²) in [6.07, 6.45) is -4.48. The monoisotopic (exact) mass is 269 g/mol. The lowest BCUT2D eigenvalue weighted by molar-refractivity contribution is -0.386. The molecule has 0 aliphatic rings. The Hall–Kier alpha value is -1.34. The Labute approximate surface area is 99.1 Å². The van der Waals surface area contributed by atoms with Crippen molar-refractivity contribution in [1.29, 1.82) is 0 Å². The van der Waals surface area contributed by atoms with Gasteiger partial charge in [-0.05, 0) is 6.07 Å². The first-order valence-electron chi connectivity index (χ1n) is 4.37. The van der Waals surface area contributed by atoms with Crippen molar-refractivity contribution in [3.05, 3.63) is 38.9 Å². The zero-order chi connectivity index (χ0) is 13.1. The van der Waals surface area contributed by atoms with Gasteiger partial charge in [-0.15, -0.1) is 0 Å². The van der Waals surface area contributed by atoms with Gasteiger partial charge in [-0.25, -0.2) is 0 Å². The van der Waals surface area contributed by atoms with Gasteiger partial charge in [0, 0.05) is 6.07 Å². The van der Waals surface area contributed by atoms with E-state index in [0.717, 1.165) is 6.07 Å². The van der Waals surface area contributed by atoms with Gasteiger partial charge in [-0.3, -0.25) is 10.1 Å². The summed E-state index contributed by atoms with van der Waals surface area (Å²) in [7, 11) is 0. The molecular weight excluding hydrogens is 263 g/mol. The molecule has 94 valence electrons. The van der Waals surface area contributed by atoms with Gasteiger partial charge in [-0.2, -0.15) is 13.2 Å². The summed E-state index contributed by atoms with van der Waals surface area (Å²) in [5, 5.41) is 10.6. The molecule has 1 rings (SSSR count). The second-order valence-corrected chi connectivity index (χ2v) is 3.51. The second kappa shape index (κ2) is 5.33. The van der Waals surface area contributed by atoms with Crippen LogP contribution >= 0.6 is 11.6 Å². The minimum atomic E-state index is -4.48. The van der Waals surface area contributed by atoms with Crippen LogP contribution in [0.3, 0.4) is 0 Å². The molecule has 0 amide bonds. The lowest BCUT2D eigenvalue weighted by atomic mass is 10.2. The Morgan fingerprint density at radius 1 is 1.41 bits per heavy atom. The highest BCUT2D eigenvalue weighted by Crippen LogP contribution is 2.27. The molecule has 4 nitrogen and oxygen atoms in total. The van der Waals surface area contributed by atoms with Gasteiger partial charge in [0.05, 0.1) is 22.1 Å². The van der Waals surface area contributed by atoms with Crippen molar-refractivity contribution in [2.75, 3.05) is 6.61 Å². The summed E-state index contributed by atoms with van der Waals surface area (Å²) in [6.45, 7) is -2.04. The lowest BCUT2D eigenvalue weighted by Gasteiger charge is -2.08. The van der Waals surface area contributed by atoms with E-state index in [1.807, 2.05) is 0 Å². The Morgan fingerprint density at radius 3 is 2.59 bits per heavy atom. The van der Waals surface area contributed by atoms with E-state index in [9.17, 15) is 23.3 Å². The Balaban J connectivity index is 2.79. The van der Waals surface area contributed by atoms with Crippen LogP contribution in [0.4, 0.5) is 18.9 Å². The highest BCUT2D eigenvalue weighted by atomic mass is 35.5. The molecule has 0 N–H and O–H groups in total. The van der Waals surface area contributed by atoms with Gasteiger partial charge in [0.1, 0.15) is 6.61 Å². The van der Waals surface area contributed by atoms with Crippen molar-refractivity contribution in [2.45, 2.75) is 12.8 Å². The quantitative estimate of drug-likeness (QED) is 0.622. The van der Waals surface area contributed by atoms with Crippen LogP contribution in [0.5, 0.6) is 0 Å². The first kappa shape index (κ1) is 13.7. The van der Waals surface area contributed by atoms with Crippen LogP contribution in [-0.4, -0.2) is 17.7 Å². The van der Waals surface area contributed by atoms with Crippen molar-refractivity contribution in [1.82, 2.24) is 0 Å². The van der Waals surface area contributed by atoms with Crippen LogP contribution in [-0.2, 0) is 11.3 Å². The van der Waals surface area contributed by atoms with Crippen LogP contribution in [0.1, 0.15) is 5.56 Å². The Bertz CT molecular complexity index is 422. The average molecular weight is 270 g/mol. The molecule has 0 spiro atoms. The largest absolute Gasteiger partial charge is 0.411 e. The maximum atomic E-state index is 11.8. The lowest BCUT2D eigenvalue weighted by Crippen LogP contribution is -2.17. The van der Waals surface area contributed by atoms with Crippen LogP contribution in [0.15, 0.2) is 18.2 Å². The SMILES string of the molecule is O=[N+]([O-])c1cccc(Cl)c1COCC(F)(F)F. The zero-order valence-corrected chi connectivity index (χ0v) is 9.09. The molecule has 17 heavy (non-hydrogen) atoms. The van der Waals surface area contributed by atoms with E-state index in [-0.39, 0.29) is 16.3 Å². The van der Waals surface area contributed by atoms with E-state index < -0.39 is 24.3 Å². The maximum absolute atomic E-state index is 11.8. The van der Waals surface area contributed by atoms with Crippen LogP contribution in [0.2, 0.25) is 5.02 Å². The van der Waals surface area contributed by atoms with Crippen molar-refractivity contribution in [3.8, 4) is 0 Å². The summed E-state index contributed by atoms with van der Waals surface area (Å²) in [5.74, 6) is 0. The van der Waals surface area contributed by atoms with Crippen LogP contribution in [0.25, 0.3) is 0 Å². The summed E-state index contributed by atoms with van der Waals surface area (Å²) in [4.78, 5) is 9.88. The summed E-state index contributed by atoms with van der Waals surface area (Å²) < 4.78 is 39.8. The van der Waals surface area contributed by atoms with E-state index in [0.29, 0.717) is 0 Å². The number of alkyl halides is 3. The summed E-state index contributed by atoms with van der Waals surface area (Å²) in [5.41, 5.74) is -0.428. The van der Waals surface area contributed by atoms with E-state index in [1.54, 1.807) is 0 Å². The summed E-state index contributed by atoms with van der Waals surface area (Å²) in [6, 6.07) is 3.84. The van der Waals surface area contributed by atoms with Gasteiger partial charge in [0.2, 0.25) is 0 Å². The van der Waals surface area contributed by atoms with Crippen LogP contribution in [0, 0.1) is 10.1 Å². The molecule has 0 bridgehead atoms. The molecule has 0 aliphatic heterocycles. The van der Waals surface area contributed by atoms with E-state index in [2.05, 4.69) is 4.74 Å². The Morgan fingerprint density at radius 2 is 2.06 bits per heavy atom. The van der Waals surface area contributed by atoms with Crippen molar-refractivity contribution in [3.63, 3.8) is 0 Å². The molecule has 0 saturated heterocycles. The third-order valence-electron chi connectivity index (χ3n) is 1.80. The standard InChI is InChI=1S/C9H7ClF3NO3/c10-7-2-1-3-8(14(15)16)6(7)4-17-5-9(11,12)13/h1-3H,4-5H2. The molecule has 8 heteroatoms. The highest BCUT2D eigenvalue weighted by Gasteiger charge is 2.28. The fraction of sp³-hybridized carbons (Fsp3) is 0.333. The molecule has 0 heterocycles. The number of nitro groups is 1. The first-order valence-corrected chi connectivity index (χ1v) is 4.75. The smallest absolute Gasteiger partial charge is 0.367 e. The van der Waals surface area contributed by atoms with Gasteiger partial charge >= 0.3 is 6.18 Å². The third kappa shape index (κ3) is 4.20. The molecule has 1 aromatic rings. The normalized spacial score (nSPS) is 11.5. The molecular formula is C9H7ClF3NO3. The van der Waals surface area contributed by atoms with E-state index >= 15 is 0 Å². The predicted octanol–water partition coefficient (Wildman–Crippen LogP) is 3.33. The zero-order valence-electron chi connectivity index (χ0n) is 8.33. The third-order valence-corrected chi connectivity index (χ3v) is 2.16. The molecule has 1 aromatic carbocycles. The van der Waals surface area contributed by atoms with Crippen molar-refractivity contribution in [2.24, 2.45) is 0 Å². The number of hydrogen-bond acceptors (Lipinski definition) is 3. The first-order chi connectivity index (χ1) is 7.81. The van der Waals surface area contributed by atoms with Gasteiger partial charge in [0.15, 0.2) is 0 Å². The van der Waals surface area contributed by atoms with Crippen molar-refractivity contribution >= 4 is 17.3 Å². The molecule has 0 aromatic heterocycles. The molecule has 0 unspecified atom stereocenters. The minimum Gasteiger partial charge on any atom is -0.367 e. The number of nitro benzene ring substituents is 1. The number of halogens is 4. The maximum Gasteiger partial charge on any atom is 0.411 e. The number of benzene rings is 1. The van der Waals surface area contributed by atoms with Crippen molar-refractivity contribution < 1.29 is 22.8 Å². The van der Waals surface area contributed by atoms with Gasteiger partial charge in [-0.1, -0.05) is 17.7 Å². The predicted molar refractivity (Wildman–Crippen MR) is 53.8 cm³/mol. The highest BCUT2D eigenvalue weighted by molar-refractivity contribution is 6.31. The average Bonchev–Trinajstić information content (AvgIpc) is 2.18. The number of nitrogens with zero attached hydrogens (tertiary/aromatic N) is 1. The second-order valence-electron chi connectivity index (χ2n) is 3.10. The molecule has 0 fully saturated rings. The fourth-order valence-corrected chi connectivity index (χ4v) is 1.35. The summed E-state index contributed by atoms with van der Waals surface area (Å²) >= 11 is 5.66. The number of hydrogen-bond donors (Lipinski definition) is 0. The number of ether oxygens (including phenoxy) is 1.